The predicted octanol–water partition coefficient (Wildman–Crippen LogP) is 1.76. The monoisotopic (exact) mass is 250 g/mol. The van der Waals surface area contributed by atoms with E-state index in [2.05, 4.69) is 19.1 Å². The van der Waals surface area contributed by atoms with Crippen LogP contribution in [0, 0.1) is 17.8 Å². The minimum atomic E-state index is 0.0638. The van der Waals surface area contributed by atoms with Crippen LogP contribution in [0.25, 0.3) is 23.5 Å². The summed E-state index contributed by atoms with van der Waals surface area (Å²) in [7, 11) is 0. The summed E-state index contributed by atoms with van der Waals surface area (Å²) in [6, 6.07) is 11.4. The van der Waals surface area contributed by atoms with Gasteiger partial charge in [0.15, 0.2) is 5.43 Å². The lowest BCUT2D eigenvalue weighted by atomic mass is 10.1. The second kappa shape index (κ2) is 3.70. The van der Waals surface area contributed by atoms with Crippen LogP contribution in [0.1, 0.15) is 6.92 Å². The Morgan fingerprint density at radius 3 is 2.58 bits per heavy atom. The fraction of sp³-hybridized carbons (Fsp3) is 0.235. The van der Waals surface area contributed by atoms with Gasteiger partial charge < -0.3 is 4.42 Å². The summed E-state index contributed by atoms with van der Waals surface area (Å²) in [5.74, 6) is 2.39. The Kier molecular flexibility index (Phi) is 2.10. The minimum absolute atomic E-state index is 0.0638. The van der Waals surface area contributed by atoms with Crippen molar-refractivity contribution in [3.05, 3.63) is 57.3 Å². The highest BCUT2D eigenvalue weighted by Gasteiger charge is 2.44. The van der Waals surface area contributed by atoms with Crippen LogP contribution in [-0.4, -0.2) is 0 Å². The molecule has 2 aliphatic carbocycles. The normalized spacial score (nSPS) is 26.7. The summed E-state index contributed by atoms with van der Waals surface area (Å²) < 4.78 is 5.93. The van der Waals surface area contributed by atoms with Crippen molar-refractivity contribution in [2.24, 2.45) is 17.8 Å². The Morgan fingerprint density at radius 2 is 1.79 bits per heavy atom. The molecule has 0 aliphatic heterocycles. The summed E-state index contributed by atoms with van der Waals surface area (Å²) in [5, 5.41) is 0.741. The first-order chi connectivity index (χ1) is 9.24. The predicted molar refractivity (Wildman–Crippen MR) is 74.7 cm³/mol. The van der Waals surface area contributed by atoms with E-state index in [0.717, 1.165) is 16.2 Å². The van der Waals surface area contributed by atoms with Gasteiger partial charge >= 0.3 is 0 Å². The van der Waals surface area contributed by atoms with Gasteiger partial charge in [-0.3, -0.25) is 4.79 Å². The lowest BCUT2D eigenvalue weighted by Gasteiger charge is -2.02. The van der Waals surface area contributed by atoms with Gasteiger partial charge in [-0.1, -0.05) is 43.3 Å². The van der Waals surface area contributed by atoms with Crippen LogP contribution in [0.5, 0.6) is 0 Å². The summed E-state index contributed by atoms with van der Waals surface area (Å²) in [6.45, 7) is 2.22. The Morgan fingerprint density at radius 1 is 1.05 bits per heavy atom. The van der Waals surface area contributed by atoms with Crippen LogP contribution >= 0.6 is 0 Å². The average Bonchev–Trinajstić information content (AvgIpc) is 3.08. The Hall–Kier alpha value is -2.09. The molecule has 3 unspecified atom stereocenters. The van der Waals surface area contributed by atoms with E-state index < -0.39 is 0 Å². The van der Waals surface area contributed by atoms with Crippen molar-refractivity contribution < 1.29 is 4.42 Å². The third-order valence-electron chi connectivity index (χ3n) is 4.29. The Bertz CT molecular complexity index is 815. The molecule has 1 fully saturated rings. The molecular weight excluding hydrogens is 236 g/mol. The quantitative estimate of drug-likeness (QED) is 0.772. The first-order valence-corrected chi connectivity index (χ1v) is 6.67. The van der Waals surface area contributed by atoms with Crippen LogP contribution in [0.2, 0.25) is 0 Å². The molecule has 2 heteroatoms. The van der Waals surface area contributed by atoms with Gasteiger partial charge in [0.2, 0.25) is 0 Å². The van der Waals surface area contributed by atoms with Crippen molar-refractivity contribution in [2.75, 3.05) is 0 Å². The zero-order valence-corrected chi connectivity index (χ0v) is 10.7. The van der Waals surface area contributed by atoms with Gasteiger partial charge in [0.25, 0.3) is 0 Å². The molecule has 0 saturated heterocycles. The molecular formula is C17H14O2. The highest BCUT2D eigenvalue weighted by molar-refractivity contribution is 5.58. The Balaban J connectivity index is 1.96. The molecule has 0 spiro atoms. The standard InChI is InChI=1S/C17H14O2/c1-10-12-7-14-15(18)9-16(11-5-3-2-4-6-11)19-17(14)8-13(10)12/h2-10,12-13H,1H3. The van der Waals surface area contributed by atoms with Gasteiger partial charge in [0.1, 0.15) is 11.2 Å². The maximum atomic E-state index is 12.2. The lowest BCUT2D eigenvalue weighted by molar-refractivity contribution is 0.518. The largest absolute Gasteiger partial charge is 0.456 e. The highest BCUT2D eigenvalue weighted by Crippen LogP contribution is 2.48. The molecule has 0 radical (unpaired) electrons. The second-order valence-corrected chi connectivity index (χ2v) is 5.47. The molecule has 19 heavy (non-hydrogen) atoms. The number of benzene rings is 1. The molecule has 1 saturated carbocycles. The number of hydrogen-bond donors (Lipinski definition) is 0. The van der Waals surface area contributed by atoms with Crippen molar-refractivity contribution in [1.29, 1.82) is 0 Å². The fourth-order valence-electron chi connectivity index (χ4n) is 2.97. The van der Waals surface area contributed by atoms with Gasteiger partial charge in [-0.25, -0.2) is 0 Å². The van der Waals surface area contributed by atoms with E-state index >= 15 is 0 Å². The maximum Gasteiger partial charge on any atom is 0.192 e. The van der Waals surface area contributed by atoms with Gasteiger partial charge in [-0.2, -0.15) is 0 Å². The zero-order valence-electron chi connectivity index (χ0n) is 10.7. The molecule has 0 N–H and O–H groups in total. The van der Waals surface area contributed by atoms with E-state index in [9.17, 15) is 4.79 Å². The molecule has 2 aromatic rings. The van der Waals surface area contributed by atoms with Crippen molar-refractivity contribution in [1.82, 2.24) is 0 Å². The average molecular weight is 250 g/mol. The van der Waals surface area contributed by atoms with Crippen LogP contribution < -0.4 is 16.1 Å². The first-order valence-electron chi connectivity index (χ1n) is 6.67. The van der Waals surface area contributed by atoms with Gasteiger partial charge in [0, 0.05) is 11.6 Å². The van der Waals surface area contributed by atoms with Crippen molar-refractivity contribution in [3.8, 4) is 11.3 Å². The van der Waals surface area contributed by atoms with Crippen LogP contribution in [0.3, 0.4) is 0 Å². The second-order valence-electron chi connectivity index (χ2n) is 5.47. The van der Waals surface area contributed by atoms with E-state index in [4.69, 9.17) is 4.42 Å². The van der Waals surface area contributed by atoms with Gasteiger partial charge in [0.05, 0.1) is 5.22 Å². The van der Waals surface area contributed by atoms with Gasteiger partial charge in [-0.05, 0) is 23.8 Å². The smallest absolute Gasteiger partial charge is 0.192 e. The third-order valence-corrected chi connectivity index (χ3v) is 4.29. The van der Waals surface area contributed by atoms with Crippen LogP contribution in [0.4, 0.5) is 0 Å². The molecule has 2 nitrogen and oxygen atoms in total. The SMILES string of the molecule is CC1C2C=c3oc(-c4ccccc4)cc(=O)c3=CC12. The van der Waals surface area contributed by atoms with E-state index in [0.29, 0.717) is 23.5 Å². The van der Waals surface area contributed by atoms with Crippen molar-refractivity contribution in [2.45, 2.75) is 6.92 Å². The molecule has 3 atom stereocenters. The van der Waals surface area contributed by atoms with Crippen molar-refractivity contribution >= 4 is 12.2 Å². The van der Waals surface area contributed by atoms with E-state index in [1.54, 1.807) is 6.07 Å². The van der Waals surface area contributed by atoms with E-state index in [1.807, 2.05) is 30.3 Å². The third kappa shape index (κ3) is 1.60. The number of fused-ring (bicyclic) bond motifs is 2. The fourth-order valence-corrected chi connectivity index (χ4v) is 2.97. The van der Waals surface area contributed by atoms with Crippen LogP contribution in [-0.2, 0) is 0 Å². The maximum absolute atomic E-state index is 12.2. The molecule has 2 aliphatic rings. The number of hydrogen-bond acceptors (Lipinski definition) is 2. The van der Waals surface area contributed by atoms with Crippen molar-refractivity contribution in [3.63, 3.8) is 0 Å². The molecule has 94 valence electrons. The Labute approximate surface area is 110 Å². The molecule has 0 amide bonds. The summed E-state index contributed by atoms with van der Waals surface area (Å²) in [6.07, 6.45) is 4.21. The highest BCUT2D eigenvalue weighted by atomic mass is 16.3. The molecule has 4 rings (SSSR count). The van der Waals surface area contributed by atoms with E-state index in [1.165, 1.54) is 0 Å². The first kappa shape index (κ1) is 10.8. The van der Waals surface area contributed by atoms with Gasteiger partial charge in [-0.15, -0.1) is 0 Å². The molecule has 1 aromatic carbocycles. The van der Waals surface area contributed by atoms with E-state index in [-0.39, 0.29) is 5.43 Å². The molecule has 1 aromatic heterocycles. The summed E-state index contributed by atoms with van der Waals surface area (Å²) >= 11 is 0. The molecule has 1 heterocycles. The van der Waals surface area contributed by atoms with Crippen LogP contribution in [0.15, 0.2) is 45.6 Å². The zero-order chi connectivity index (χ0) is 13.0. The lowest BCUT2D eigenvalue weighted by Crippen LogP contribution is -2.40. The summed E-state index contributed by atoms with van der Waals surface area (Å²) in [5.41, 5.74) is 1.76. The minimum Gasteiger partial charge on any atom is -0.456 e. The molecule has 0 bridgehead atoms. The topological polar surface area (TPSA) is 30.2 Å². The summed E-state index contributed by atoms with van der Waals surface area (Å²) in [4.78, 5) is 12.2. The number of rotatable bonds is 1.